The number of alkyl halides is 3. The molecule has 11 heteroatoms. The molecular weight excluding hydrogens is 455 g/mol. The van der Waals surface area contributed by atoms with Crippen LogP contribution in [0.5, 0.6) is 0 Å². The minimum atomic E-state index is -4.13. The van der Waals surface area contributed by atoms with E-state index in [0.29, 0.717) is 43.1 Å². The van der Waals surface area contributed by atoms with Gasteiger partial charge in [-0.25, -0.2) is 9.50 Å². The second kappa shape index (κ2) is 8.68. The van der Waals surface area contributed by atoms with E-state index < -0.39 is 12.1 Å². The first-order chi connectivity index (χ1) is 15.8. The molecular formula is C22H24F3N5O2S. The largest absolute Gasteiger partial charge is 0.391 e. The number of rotatable bonds is 3. The predicted octanol–water partition coefficient (Wildman–Crippen LogP) is 4.54. The van der Waals surface area contributed by atoms with E-state index >= 15 is 0 Å². The summed E-state index contributed by atoms with van der Waals surface area (Å²) >= 11 is 1.31. The number of hydrogen-bond acceptors (Lipinski definition) is 6. The zero-order chi connectivity index (χ0) is 23.2. The Hall–Kier alpha value is -2.53. The van der Waals surface area contributed by atoms with Gasteiger partial charge in [0, 0.05) is 24.2 Å². The summed E-state index contributed by atoms with van der Waals surface area (Å²) in [5.41, 5.74) is 4.62. The molecule has 176 valence electrons. The molecule has 0 aromatic carbocycles. The summed E-state index contributed by atoms with van der Waals surface area (Å²) in [6, 6.07) is 3.77. The van der Waals surface area contributed by atoms with Crippen LogP contribution in [0.25, 0.3) is 5.65 Å². The molecule has 33 heavy (non-hydrogen) atoms. The van der Waals surface area contributed by atoms with E-state index in [1.54, 1.807) is 21.1 Å². The summed E-state index contributed by atoms with van der Waals surface area (Å²) in [6.45, 7) is 3.15. The lowest BCUT2D eigenvalue weighted by molar-refractivity contribution is -0.182. The molecule has 3 aromatic heterocycles. The van der Waals surface area contributed by atoms with Crippen molar-refractivity contribution in [3.63, 3.8) is 0 Å². The third-order valence-corrected chi connectivity index (χ3v) is 7.30. The van der Waals surface area contributed by atoms with Crippen LogP contribution >= 0.6 is 11.3 Å². The number of amides is 1. The van der Waals surface area contributed by atoms with Crippen molar-refractivity contribution in [2.24, 2.45) is 5.92 Å². The monoisotopic (exact) mass is 479 g/mol. The fourth-order valence-electron chi connectivity index (χ4n) is 4.78. The Morgan fingerprint density at radius 2 is 2.00 bits per heavy atom. The van der Waals surface area contributed by atoms with Crippen LogP contribution in [0.2, 0.25) is 0 Å². The highest BCUT2D eigenvalue weighted by Crippen LogP contribution is 2.42. The van der Waals surface area contributed by atoms with Crippen molar-refractivity contribution in [1.82, 2.24) is 24.5 Å². The molecule has 1 amide bonds. The van der Waals surface area contributed by atoms with Gasteiger partial charge in [0.15, 0.2) is 5.65 Å². The van der Waals surface area contributed by atoms with E-state index in [1.807, 2.05) is 19.1 Å². The van der Waals surface area contributed by atoms with Crippen LogP contribution in [-0.4, -0.2) is 56.3 Å². The zero-order valence-electron chi connectivity index (χ0n) is 18.1. The molecule has 1 saturated carbocycles. The number of carbonyl (C=O) groups excluding carboxylic acids is 1. The summed E-state index contributed by atoms with van der Waals surface area (Å²) in [5.74, 6) is -1.31. The lowest BCUT2D eigenvalue weighted by atomic mass is 9.80. The number of hydrogen-bond donors (Lipinski definition) is 0. The molecule has 4 heterocycles. The van der Waals surface area contributed by atoms with E-state index in [2.05, 4.69) is 9.97 Å². The Morgan fingerprint density at radius 3 is 2.70 bits per heavy atom. The number of ether oxygens (including phenoxy) is 1. The van der Waals surface area contributed by atoms with Gasteiger partial charge < -0.3 is 9.64 Å². The van der Waals surface area contributed by atoms with Crippen molar-refractivity contribution in [2.45, 2.75) is 50.8 Å². The number of halogens is 3. The fraction of sp³-hybridized carbons (Fsp3) is 0.545. The summed E-state index contributed by atoms with van der Waals surface area (Å²) in [5, 5.41) is 4.74. The number of morpholine rings is 1. The van der Waals surface area contributed by atoms with Crippen molar-refractivity contribution in [1.29, 1.82) is 0 Å². The molecule has 5 rings (SSSR count). The van der Waals surface area contributed by atoms with Gasteiger partial charge in [-0.3, -0.25) is 9.78 Å². The highest BCUT2D eigenvalue weighted by atomic mass is 32.1. The third kappa shape index (κ3) is 4.48. The number of carbonyl (C=O) groups is 1. The first-order valence-corrected chi connectivity index (χ1v) is 11.9. The Balaban J connectivity index is 1.39. The van der Waals surface area contributed by atoms with Gasteiger partial charge in [0.2, 0.25) is 0 Å². The molecule has 0 unspecified atom stereocenters. The molecule has 2 aliphatic rings. The van der Waals surface area contributed by atoms with Crippen LogP contribution in [0.4, 0.5) is 13.2 Å². The number of nitrogens with zero attached hydrogens (tertiary/aromatic N) is 5. The summed E-state index contributed by atoms with van der Waals surface area (Å²) in [7, 11) is 0. The highest BCUT2D eigenvalue weighted by Gasteiger charge is 2.42. The predicted molar refractivity (Wildman–Crippen MR) is 115 cm³/mol. The van der Waals surface area contributed by atoms with E-state index in [0.717, 1.165) is 17.1 Å². The van der Waals surface area contributed by atoms with E-state index in [9.17, 15) is 18.0 Å². The van der Waals surface area contributed by atoms with Gasteiger partial charge in [-0.15, -0.1) is 11.3 Å². The first-order valence-electron chi connectivity index (χ1n) is 11.0. The van der Waals surface area contributed by atoms with Crippen molar-refractivity contribution < 1.29 is 22.7 Å². The molecule has 2 fully saturated rings. The topological polar surface area (TPSA) is 72.6 Å². The molecule has 1 aliphatic heterocycles. The molecule has 0 bridgehead atoms. The molecule has 0 N–H and O–H groups in total. The molecule has 1 aliphatic carbocycles. The standard InChI is InChI=1S/C22H24F3N5O2S/c1-13-8-17(18-11-29(6-7-32-18)21(31)19-10-26-12-33-19)30-20(27-13)9-16(28-30)14-2-4-15(5-3-14)22(23,24)25/h8-10,12,14-15,18H,2-7,11H2,1H3/t14?,15?,18-/m1/s1. The van der Waals surface area contributed by atoms with E-state index in [1.165, 1.54) is 11.3 Å². The maximum absolute atomic E-state index is 13.0. The van der Waals surface area contributed by atoms with Crippen LogP contribution in [0.3, 0.4) is 0 Å². The molecule has 3 aromatic rings. The number of aryl methyl sites for hydroxylation is 1. The van der Waals surface area contributed by atoms with Crippen molar-refractivity contribution in [3.05, 3.63) is 45.8 Å². The average molecular weight is 480 g/mol. The highest BCUT2D eigenvalue weighted by molar-refractivity contribution is 7.11. The zero-order valence-corrected chi connectivity index (χ0v) is 18.9. The van der Waals surface area contributed by atoms with Crippen LogP contribution < -0.4 is 0 Å². The molecule has 7 nitrogen and oxygen atoms in total. The van der Waals surface area contributed by atoms with Gasteiger partial charge in [-0.2, -0.15) is 18.3 Å². The number of thiazole rings is 1. The smallest absolute Gasteiger partial charge is 0.368 e. The number of aromatic nitrogens is 4. The van der Waals surface area contributed by atoms with Crippen molar-refractivity contribution in [2.75, 3.05) is 19.7 Å². The minimum absolute atomic E-state index is 0.0184. The van der Waals surface area contributed by atoms with Crippen LogP contribution in [-0.2, 0) is 4.74 Å². The summed E-state index contributed by atoms with van der Waals surface area (Å²) in [6.07, 6.45) is -1.77. The van der Waals surface area contributed by atoms with Crippen LogP contribution in [0.15, 0.2) is 23.8 Å². The SMILES string of the molecule is Cc1cc([C@H]2CN(C(=O)c3cncs3)CCO2)n2nc(C3CCC(C(F)(F)F)CC3)cc2n1. The Labute approximate surface area is 192 Å². The van der Waals surface area contributed by atoms with Gasteiger partial charge >= 0.3 is 6.18 Å². The Kier molecular flexibility index (Phi) is 5.86. The summed E-state index contributed by atoms with van der Waals surface area (Å²) in [4.78, 5) is 23.7. The Bertz CT molecular complexity index is 1140. The lowest BCUT2D eigenvalue weighted by Crippen LogP contribution is -2.42. The van der Waals surface area contributed by atoms with E-state index in [-0.39, 0.29) is 30.8 Å². The maximum Gasteiger partial charge on any atom is 0.391 e. The van der Waals surface area contributed by atoms with E-state index in [4.69, 9.17) is 9.84 Å². The van der Waals surface area contributed by atoms with Gasteiger partial charge in [0.05, 0.1) is 42.2 Å². The van der Waals surface area contributed by atoms with Crippen molar-refractivity contribution in [3.8, 4) is 0 Å². The molecule has 1 atom stereocenters. The second-order valence-corrected chi connectivity index (χ2v) is 9.61. The van der Waals surface area contributed by atoms with Crippen molar-refractivity contribution >= 4 is 22.9 Å². The van der Waals surface area contributed by atoms with Gasteiger partial charge in [-0.05, 0) is 38.7 Å². The van der Waals surface area contributed by atoms with Crippen LogP contribution in [0.1, 0.15) is 64.5 Å². The van der Waals surface area contributed by atoms with Crippen LogP contribution in [0, 0.1) is 12.8 Å². The quantitative estimate of drug-likeness (QED) is 0.551. The second-order valence-electron chi connectivity index (χ2n) is 8.73. The normalized spacial score (nSPS) is 24.4. The average Bonchev–Trinajstić information content (AvgIpc) is 3.48. The maximum atomic E-state index is 13.0. The fourth-order valence-corrected chi connectivity index (χ4v) is 5.37. The molecule has 0 radical (unpaired) electrons. The first kappa shape index (κ1) is 22.3. The summed E-state index contributed by atoms with van der Waals surface area (Å²) < 4.78 is 46.9. The van der Waals surface area contributed by atoms with Gasteiger partial charge in [0.1, 0.15) is 11.0 Å². The Morgan fingerprint density at radius 1 is 1.21 bits per heavy atom. The number of fused-ring (bicyclic) bond motifs is 1. The third-order valence-electron chi connectivity index (χ3n) is 6.54. The lowest BCUT2D eigenvalue weighted by Gasteiger charge is -2.33. The minimum Gasteiger partial charge on any atom is -0.368 e. The molecule has 1 saturated heterocycles. The van der Waals surface area contributed by atoms with Gasteiger partial charge in [0.25, 0.3) is 5.91 Å². The van der Waals surface area contributed by atoms with Gasteiger partial charge in [-0.1, -0.05) is 0 Å². The molecule has 0 spiro atoms.